The molecule has 0 aliphatic heterocycles. The first-order chi connectivity index (χ1) is 11.7. The largest absolute Gasteiger partial charge is 0.380 e. The number of methoxy groups -OCH3 is 1. The molecule has 2 rings (SSSR count). The Labute approximate surface area is 142 Å². The zero-order valence-electron chi connectivity index (χ0n) is 14.2. The van der Waals surface area contributed by atoms with Gasteiger partial charge in [0.1, 0.15) is 5.82 Å². The Morgan fingerprint density at radius 2 is 1.88 bits per heavy atom. The molecule has 0 bridgehead atoms. The molecule has 0 fully saturated rings. The highest BCUT2D eigenvalue weighted by atomic mass is 19.1. The fourth-order valence-corrected chi connectivity index (χ4v) is 2.32. The lowest BCUT2D eigenvalue weighted by Gasteiger charge is -2.12. The minimum Gasteiger partial charge on any atom is -0.380 e. The molecule has 0 saturated heterocycles. The number of nitrogens with one attached hydrogen (secondary N) is 2. The fraction of sp³-hybridized carbons (Fsp3) is 0.316. The van der Waals surface area contributed by atoms with Gasteiger partial charge < -0.3 is 15.4 Å². The second kappa shape index (κ2) is 9.67. The van der Waals surface area contributed by atoms with Crippen LogP contribution in [-0.4, -0.2) is 19.6 Å². The predicted octanol–water partition coefficient (Wildman–Crippen LogP) is 3.23. The molecule has 0 unspecified atom stereocenters. The molecular weight excluding hydrogens is 305 g/mol. The second-order valence-electron chi connectivity index (χ2n) is 5.39. The van der Waals surface area contributed by atoms with Gasteiger partial charge in [0, 0.05) is 25.8 Å². The van der Waals surface area contributed by atoms with Crippen LogP contribution in [0.15, 0.2) is 53.5 Å². The van der Waals surface area contributed by atoms with E-state index in [-0.39, 0.29) is 5.82 Å². The van der Waals surface area contributed by atoms with Gasteiger partial charge in [-0.15, -0.1) is 0 Å². The standard InChI is InChI=1S/C19H24FN3O/c1-3-21-19(23-13-17-9-4-5-10-18(17)20)22-12-15-7-6-8-16(11-15)14-24-2/h4-11H,3,12-14H2,1-2H3,(H2,21,22,23). The number of guanidine groups is 1. The molecule has 4 nitrogen and oxygen atoms in total. The Morgan fingerprint density at radius 3 is 2.62 bits per heavy atom. The van der Waals surface area contributed by atoms with Gasteiger partial charge in [0.15, 0.2) is 5.96 Å². The van der Waals surface area contributed by atoms with Crippen molar-refractivity contribution in [1.29, 1.82) is 0 Å². The second-order valence-corrected chi connectivity index (χ2v) is 5.39. The molecule has 2 aromatic carbocycles. The summed E-state index contributed by atoms with van der Waals surface area (Å²) in [5.74, 6) is 0.450. The van der Waals surface area contributed by atoms with Gasteiger partial charge in [-0.3, -0.25) is 0 Å². The smallest absolute Gasteiger partial charge is 0.191 e. The molecule has 0 aliphatic rings. The molecule has 0 atom stereocenters. The van der Waals surface area contributed by atoms with Crippen molar-refractivity contribution in [2.24, 2.45) is 4.99 Å². The van der Waals surface area contributed by atoms with E-state index < -0.39 is 0 Å². The molecule has 0 radical (unpaired) electrons. The summed E-state index contributed by atoms with van der Waals surface area (Å²) >= 11 is 0. The normalized spacial score (nSPS) is 11.4. The number of rotatable bonds is 7. The molecule has 24 heavy (non-hydrogen) atoms. The van der Waals surface area contributed by atoms with E-state index in [9.17, 15) is 4.39 Å². The quantitative estimate of drug-likeness (QED) is 0.605. The molecule has 0 saturated carbocycles. The first-order valence-electron chi connectivity index (χ1n) is 8.05. The Kier molecular flexibility index (Phi) is 7.23. The third-order valence-electron chi connectivity index (χ3n) is 3.47. The van der Waals surface area contributed by atoms with Crippen LogP contribution in [0.1, 0.15) is 23.6 Å². The van der Waals surface area contributed by atoms with Gasteiger partial charge in [0.2, 0.25) is 0 Å². The monoisotopic (exact) mass is 329 g/mol. The lowest BCUT2D eigenvalue weighted by molar-refractivity contribution is 0.185. The van der Waals surface area contributed by atoms with E-state index >= 15 is 0 Å². The van der Waals surface area contributed by atoms with Gasteiger partial charge in [-0.2, -0.15) is 0 Å². The van der Waals surface area contributed by atoms with E-state index in [0.717, 1.165) is 17.7 Å². The van der Waals surface area contributed by atoms with Crippen molar-refractivity contribution in [1.82, 2.24) is 10.6 Å². The van der Waals surface area contributed by atoms with Crippen LogP contribution in [0.25, 0.3) is 0 Å². The van der Waals surface area contributed by atoms with E-state index in [0.29, 0.717) is 31.2 Å². The third-order valence-corrected chi connectivity index (χ3v) is 3.47. The highest BCUT2D eigenvalue weighted by Gasteiger charge is 2.03. The Hall–Kier alpha value is -2.40. The molecule has 2 aromatic rings. The van der Waals surface area contributed by atoms with Crippen molar-refractivity contribution in [2.75, 3.05) is 13.7 Å². The highest BCUT2D eigenvalue weighted by Crippen LogP contribution is 2.08. The van der Waals surface area contributed by atoms with Crippen molar-refractivity contribution < 1.29 is 9.13 Å². The molecule has 128 valence electrons. The molecule has 0 amide bonds. The lowest BCUT2D eigenvalue weighted by Crippen LogP contribution is -2.37. The number of halogens is 1. The van der Waals surface area contributed by atoms with Crippen molar-refractivity contribution in [3.63, 3.8) is 0 Å². The number of hydrogen-bond acceptors (Lipinski definition) is 2. The minimum absolute atomic E-state index is 0.215. The van der Waals surface area contributed by atoms with Crippen LogP contribution in [0.2, 0.25) is 0 Å². The molecule has 2 N–H and O–H groups in total. The summed E-state index contributed by atoms with van der Waals surface area (Å²) in [6.45, 7) is 4.27. The van der Waals surface area contributed by atoms with Crippen LogP contribution in [0.3, 0.4) is 0 Å². The summed E-state index contributed by atoms with van der Waals surface area (Å²) in [7, 11) is 1.68. The maximum atomic E-state index is 13.7. The first kappa shape index (κ1) is 17.9. The topological polar surface area (TPSA) is 45.7 Å². The maximum absolute atomic E-state index is 13.7. The summed E-state index contributed by atoms with van der Waals surface area (Å²) in [5, 5.41) is 6.34. The SMILES string of the molecule is CCNC(=NCc1cccc(COC)c1)NCc1ccccc1F. The van der Waals surface area contributed by atoms with Gasteiger partial charge in [0.25, 0.3) is 0 Å². The number of nitrogens with zero attached hydrogens (tertiary/aromatic N) is 1. The van der Waals surface area contributed by atoms with Gasteiger partial charge in [-0.25, -0.2) is 9.38 Å². The molecular formula is C19H24FN3O. The average Bonchev–Trinajstić information content (AvgIpc) is 2.59. The summed E-state index contributed by atoms with van der Waals surface area (Å²) in [5.41, 5.74) is 2.84. The Bertz CT molecular complexity index is 673. The fourth-order valence-electron chi connectivity index (χ4n) is 2.32. The van der Waals surface area contributed by atoms with Gasteiger partial charge in [-0.05, 0) is 24.1 Å². The number of ether oxygens (including phenoxy) is 1. The molecule has 0 heterocycles. The van der Waals surface area contributed by atoms with Crippen molar-refractivity contribution in [3.05, 3.63) is 71.0 Å². The van der Waals surface area contributed by atoms with E-state index in [2.05, 4.69) is 21.7 Å². The van der Waals surface area contributed by atoms with E-state index in [1.165, 1.54) is 6.07 Å². The number of benzene rings is 2. The lowest BCUT2D eigenvalue weighted by atomic mass is 10.1. The summed E-state index contributed by atoms with van der Waals surface area (Å²) in [6.07, 6.45) is 0. The summed E-state index contributed by atoms with van der Waals surface area (Å²) in [4.78, 5) is 4.56. The van der Waals surface area contributed by atoms with Crippen LogP contribution in [-0.2, 0) is 24.4 Å². The first-order valence-corrected chi connectivity index (χ1v) is 8.05. The van der Waals surface area contributed by atoms with Crippen LogP contribution < -0.4 is 10.6 Å². The minimum atomic E-state index is -0.215. The Balaban J connectivity index is 2.00. The van der Waals surface area contributed by atoms with Crippen molar-refractivity contribution in [2.45, 2.75) is 26.6 Å². The molecule has 0 spiro atoms. The van der Waals surface area contributed by atoms with Crippen LogP contribution >= 0.6 is 0 Å². The van der Waals surface area contributed by atoms with Crippen molar-refractivity contribution >= 4 is 5.96 Å². The van der Waals surface area contributed by atoms with Crippen LogP contribution in [0.4, 0.5) is 4.39 Å². The van der Waals surface area contributed by atoms with E-state index in [4.69, 9.17) is 4.74 Å². The van der Waals surface area contributed by atoms with Gasteiger partial charge in [-0.1, -0.05) is 42.5 Å². The third kappa shape index (κ3) is 5.66. The Morgan fingerprint density at radius 1 is 1.08 bits per heavy atom. The van der Waals surface area contributed by atoms with Crippen molar-refractivity contribution in [3.8, 4) is 0 Å². The van der Waals surface area contributed by atoms with E-state index in [1.807, 2.05) is 31.2 Å². The zero-order chi connectivity index (χ0) is 17.2. The molecule has 0 aliphatic carbocycles. The molecule has 0 aromatic heterocycles. The summed E-state index contributed by atoms with van der Waals surface area (Å²) < 4.78 is 18.8. The van der Waals surface area contributed by atoms with Crippen LogP contribution in [0.5, 0.6) is 0 Å². The van der Waals surface area contributed by atoms with E-state index in [1.54, 1.807) is 19.2 Å². The summed E-state index contributed by atoms with van der Waals surface area (Å²) in [6, 6.07) is 14.9. The van der Waals surface area contributed by atoms with Gasteiger partial charge in [0.05, 0.1) is 13.2 Å². The average molecular weight is 329 g/mol. The molecule has 5 heteroatoms. The maximum Gasteiger partial charge on any atom is 0.191 e. The highest BCUT2D eigenvalue weighted by molar-refractivity contribution is 5.79. The number of hydrogen-bond donors (Lipinski definition) is 2. The number of aliphatic imine (C=N–C) groups is 1. The zero-order valence-corrected chi connectivity index (χ0v) is 14.2. The predicted molar refractivity (Wildman–Crippen MR) is 95.2 cm³/mol. The van der Waals surface area contributed by atoms with Gasteiger partial charge >= 0.3 is 0 Å². The van der Waals surface area contributed by atoms with Crippen LogP contribution in [0, 0.1) is 5.82 Å².